The second-order valence-electron chi connectivity index (χ2n) is 4.34. The summed E-state index contributed by atoms with van der Waals surface area (Å²) < 4.78 is 3.31. The van der Waals surface area contributed by atoms with Gasteiger partial charge in [0.1, 0.15) is 5.69 Å². The standard InChI is InChI=1S/C12H16ClN5O/c1-4-18-11(10(13)6-15-18)12(19)16(2)7-9-5-14-17(3)8-9/h5-6,8H,4,7H2,1-3H3. The molecule has 0 bridgehead atoms. The highest BCUT2D eigenvalue weighted by Gasteiger charge is 2.20. The largest absolute Gasteiger partial charge is 0.336 e. The summed E-state index contributed by atoms with van der Waals surface area (Å²) in [5.74, 6) is -0.145. The van der Waals surface area contributed by atoms with Crippen molar-refractivity contribution in [3.05, 3.63) is 34.9 Å². The van der Waals surface area contributed by atoms with Gasteiger partial charge in [-0.25, -0.2) is 0 Å². The Morgan fingerprint density at radius 2 is 2.16 bits per heavy atom. The Balaban J connectivity index is 2.16. The van der Waals surface area contributed by atoms with Gasteiger partial charge in [-0.2, -0.15) is 10.2 Å². The smallest absolute Gasteiger partial charge is 0.273 e. The van der Waals surface area contributed by atoms with Crippen molar-refractivity contribution in [2.75, 3.05) is 7.05 Å². The Hall–Kier alpha value is -1.82. The van der Waals surface area contributed by atoms with E-state index in [0.717, 1.165) is 5.56 Å². The van der Waals surface area contributed by atoms with Crippen LogP contribution in [0.5, 0.6) is 0 Å². The highest BCUT2D eigenvalue weighted by Crippen LogP contribution is 2.17. The number of halogens is 1. The van der Waals surface area contributed by atoms with Crippen molar-refractivity contribution in [1.29, 1.82) is 0 Å². The van der Waals surface area contributed by atoms with Crippen LogP contribution < -0.4 is 0 Å². The minimum Gasteiger partial charge on any atom is -0.336 e. The number of carbonyl (C=O) groups is 1. The number of carbonyl (C=O) groups excluding carboxylic acids is 1. The first-order valence-electron chi connectivity index (χ1n) is 5.97. The first-order chi connectivity index (χ1) is 9.02. The van der Waals surface area contributed by atoms with E-state index in [-0.39, 0.29) is 5.91 Å². The molecule has 102 valence electrons. The lowest BCUT2D eigenvalue weighted by Crippen LogP contribution is -2.28. The van der Waals surface area contributed by atoms with Crippen LogP contribution in [0.15, 0.2) is 18.6 Å². The summed E-state index contributed by atoms with van der Waals surface area (Å²) in [5.41, 5.74) is 1.40. The Morgan fingerprint density at radius 1 is 1.42 bits per heavy atom. The van der Waals surface area contributed by atoms with Gasteiger partial charge in [0.25, 0.3) is 5.91 Å². The molecule has 0 aliphatic carbocycles. The monoisotopic (exact) mass is 281 g/mol. The van der Waals surface area contributed by atoms with Crippen molar-refractivity contribution in [3.63, 3.8) is 0 Å². The van der Waals surface area contributed by atoms with Crippen LogP contribution in [0.1, 0.15) is 23.0 Å². The Labute approximate surface area is 116 Å². The summed E-state index contributed by atoms with van der Waals surface area (Å²) >= 11 is 6.02. The van der Waals surface area contributed by atoms with Crippen LogP contribution in [-0.4, -0.2) is 37.4 Å². The average molecular weight is 282 g/mol. The first kappa shape index (κ1) is 13.6. The maximum Gasteiger partial charge on any atom is 0.273 e. The second-order valence-corrected chi connectivity index (χ2v) is 4.75. The van der Waals surface area contributed by atoms with Gasteiger partial charge in [0, 0.05) is 38.9 Å². The molecule has 2 heterocycles. The number of nitrogens with zero attached hydrogens (tertiary/aromatic N) is 5. The van der Waals surface area contributed by atoms with Crippen LogP contribution in [0.25, 0.3) is 0 Å². The Morgan fingerprint density at radius 3 is 2.74 bits per heavy atom. The predicted octanol–water partition coefficient (Wildman–Crippen LogP) is 1.56. The van der Waals surface area contributed by atoms with Crippen molar-refractivity contribution in [2.24, 2.45) is 7.05 Å². The molecule has 2 aromatic heterocycles. The normalized spacial score (nSPS) is 10.7. The molecule has 0 aromatic carbocycles. The molecule has 2 rings (SSSR count). The summed E-state index contributed by atoms with van der Waals surface area (Å²) in [6, 6.07) is 0. The zero-order chi connectivity index (χ0) is 14.0. The van der Waals surface area contributed by atoms with Crippen molar-refractivity contribution in [1.82, 2.24) is 24.5 Å². The third-order valence-corrected chi connectivity index (χ3v) is 3.10. The molecular formula is C12H16ClN5O. The third kappa shape index (κ3) is 2.78. The molecule has 0 aliphatic rings. The fourth-order valence-corrected chi connectivity index (χ4v) is 2.12. The van der Waals surface area contributed by atoms with Gasteiger partial charge >= 0.3 is 0 Å². The first-order valence-corrected chi connectivity index (χ1v) is 6.35. The zero-order valence-corrected chi connectivity index (χ0v) is 11.9. The second kappa shape index (κ2) is 5.44. The third-order valence-electron chi connectivity index (χ3n) is 2.82. The SMILES string of the molecule is CCn1ncc(Cl)c1C(=O)N(C)Cc1cnn(C)c1. The molecule has 1 amide bonds. The van der Waals surface area contributed by atoms with Gasteiger partial charge < -0.3 is 4.90 Å². The Kier molecular flexibility index (Phi) is 3.90. The lowest BCUT2D eigenvalue weighted by atomic mass is 10.3. The van der Waals surface area contributed by atoms with Crippen molar-refractivity contribution in [2.45, 2.75) is 20.0 Å². The number of aryl methyl sites for hydroxylation is 2. The van der Waals surface area contributed by atoms with Crippen LogP contribution in [-0.2, 0) is 20.1 Å². The van der Waals surface area contributed by atoms with Crippen LogP contribution in [0.2, 0.25) is 5.02 Å². The molecule has 0 saturated carbocycles. The summed E-state index contributed by atoms with van der Waals surface area (Å²) in [7, 11) is 3.58. The van der Waals surface area contributed by atoms with Gasteiger partial charge in [-0.15, -0.1) is 0 Å². The molecular weight excluding hydrogens is 266 g/mol. The van der Waals surface area contributed by atoms with E-state index >= 15 is 0 Å². The average Bonchev–Trinajstić information content (AvgIpc) is 2.94. The molecule has 19 heavy (non-hydrogen) atoms. The summed E-state index contributed by atoms with van der Waals surface area (Å²) in [5, 5.41) is 8.53. The minimum atomic E-state index is -0.145. The lowest BCUT2D eigenvalue weighted by molar-refractivity contribution is 0.0773. The van der Waals surface area contributed by atoms with Crippen molar-refractivity contribution < 1.29 is 4.79 Å². The van der Waals surface area contributed by atoms with Crippen molar-refractivity contribution in [3.8, 4) is 0 Å². The maximum absolute atomic E-state index is 12.4. The molecule has 0 N–H and O–H groups in total. The van der Waals surface area contributed by atoms with Gasteiger partial charge in [0.05, 0.1) is 17.4 Å². The van der Waals surface area contributed by atoms with E-state index in [1.165, 1.54) is 6.20 Å². The van der Waals surface area contributed by atoms with E-state index in [1.54, 1.807) is 27.5 Å². The number of aromatic nitrogens is 4. The van der Waals surface area contributed by atoms with Crippen LogP contribution in [0.3, 0.4) is 0 Å². The summed E-state index contributed by atoms with van der Waals surface area (Å²) in [6.07, 6.45) is 5.11. The van der Waals surface area contributed by atoms with Crippen LogP contribution in [0, 0.1) is 0 Å². The fraction of sp³-hybridized carbons (Fsp3) is 0.417. The lowest BCUT2D eigenvalue weighted by Gasteiger charge is -2.17. The molecule has 2 aromatic rings. The zero-order valence-electron chi connectivity index (χ0n) is 11.2. The Bertz CT molecular complexity index is 589. The van der Waals surface area contributed by atoms with Gasteiger partial charge in [-0.05, 0) is 6.92 Å². The molecule has 0 unspecified atom stereocenters. The molecule has 7 heteroatoms. The van der Waals surface area contributed by atoms with E-state index in [2.05, 4.69) is 10.2 Å². The number of amides is 1. The molecule has 0 atom stereocenters. The predicted molar refractivity (Wildman–Crippen MR) is 71.9 cm³/mol. The highest BCUT2D eigenvalue weighted by molar-refractivity contribution is 6.33. The molecule has 6 nitrogen and oxygen atoms in total. The van der Waals surface area contributed by atoms with Gasteiger partial charge in [0.15, 0.2) is 0 Å². The molecule has 0 spiro atoms. The molecule has 0 aliphatic heterocycles. The van der Waals surface area contributed by atoms with Crippen LogP contribution >= 0.6 is 11.6 Å². The highest BCUT2D eigenvalue weighted by atomic mass is 35.5. The van der Waals surface area contributed by atoms with Gasteiger partial charge in [-0.3, -0.25) is 14.2 Å². The maximum atomic E-state index is 12.4. The van der Waals surface area contributed by atoms with E-state index in [0.29, 0.717) is 23.8 Å². The number of hydrogen-bond acceptors (Lipinski definition) is 3. The number of rotatable bonds is 4. The molecule has 0 fully saturated rings. The van der Waals surface area contributed by atoms with Gasteiger partial charge in [0.2, 0.25) is 0 Å². The summed E-state index contributed by atoms with van der Waals surface area (Å²) in [4.78, 5) is 14.0. The fourth-order valence-electron chi connectivity index (χ4n) is 1.89. The van der Waals surface area contributed by atoms with Crippen LogP contribution in [0.4, 0.5) is 0 Å². The quantitative estimate of drug-likeness (QED) is 0.855. The molecule has 0 radical (unpaired) electrons. The minimum absolute atomic E-state index is 0.145. The van der Waals surface area contributed by atoms with E-state index in [9.17, 15) is 4.79 Å². The van der Waals surface area contributed by atoms with E-state index in [1.807, 2.05) is 20.2 Å². The topological polar surface area (TPSA) is 56.0 Å². The summed E-state index contributed by atoms with van der Waals surface area (Å²) in [6.45, 7) is 3.01. The van der Waals surface area contributed by atoms with Gasteiger partial charge in [-0.1, -0.05) is 11.6 Å². The van der Waals surface area contributed by atoms with E-state index in [4.69, 9.17) is 11.6 Å². The van der Waals surface area contributed by atoms with E-state index < -0.39 is 0 Å². The van der Waals surface area contributed by atoms with Crippen molar-refractivity contribution >= 4 is 17.5 Å². The molecule has 0 saturated heterocycles. The number of hydrogen-bond donors (Lipinski definition) is 0.